The summed E-state index contributed by atoms with van der Waals surface area (Å²) in [6, 6.07) is -0.434. The second-order valence-electron chi connectivity index (χ2n) is 3.39. The Bertz CT molecular complexity index is 247. The summed E-state index contributed by atoms with van der Waals surface area (Å²) >= 11 is 0. The van der Waals surface area contributed by atoms with Crippen molar-refractivity contribution >= 4 is 0 Å². The normalized spacial score (nSPS) is 28.2. The van der Waals surface area contributed by atoms with E-state index in [0.717, 1.165) is 31.5 Å². The van der Waals surface area contributed by atoms with Gasteiger partial charge in [0.1, 0.15) is 0 Å². The fraction of sp³-hybridized carbons (Fsp3) is 0.750. The molecule has 0 aromatic heterocycles. The molecule has 1 aliphatic carbocycles. The first-order valence-corrected chi connectivity index (χ1v) is 4.38. The van der Waals surface area contributed by atoms with Crippen LogP contribution in [-0.4, -0.2) is 17.5 Å². The Morgan fingerprint density at radius 3 is 3.08 bits per heavy atom. The largest absolute Gasteiger partial charge is 0.383 e. The Hall–Kier alpha value is -1.06. The maximum absolute atomic E-state index is 10.6. The smallest absolute Gasteiger partial charge is 0.252 e. The maximum Gasteiger partial charge on any atom is 0.252 e. The van der Waals surface area contributed by atoms with E-state index in [4.69, 9.17) is 0 Å². The highest BCUT2D eigenvalue weighted by molar-refractivity contribution is 5.24. The Kier molecular flexibility index (Phi) is 1.75. The van der Waals surface area contributed by atoms with Crippen LogP contribution in [-0.2, 0) is 0 Å². The third-order valence-corrected chi connectivity index (χ3v) is 2.67. The van der Waals surface area contributed by atoms with Crippen molar-refractivity contribution in [3.63, 3.8) is 0 Å². The van der Waals surface area contributed by atoms with E-state index in [2.05, 4.69) is 5.32 Å². The van der Waals surface area contributed by atoms with Crippen molar-refractivity contribution in [2.75, 3.05) is 6.54 Å². The molecule has 0 amide bonds. The highest BCUT2D eigenvalue weighted by atomic mass is 16.6. The predicted molar refractivity (Wildman–Crippen MR) is 44.3 cm³/mol. The van der Waals surface area contributed by atoms with Gasteiger partial charge in [-0.25, -0.2) is 0 Å². The number of nitrogens with one attached hydrogen (secondary N) is 1. The van der Waals surface area contributed by atoms with Gasteiger partial charge in [-0.3, -0.25) is 10.1 Å². The minimum Gasteiger partial charge on any atom is -0.383 e. The Balaban J connectivity index is 2.24. The van der Waals surface area contributed by atoms with Crippen molar-refractivity contribution in [1.82, 2.24) is 5.32 Å². The van der Waals surface area contributed by atoms with Crippen molar-refractivity contribution in [3.8, 4) is 0 Å². The minimum atomic E-state index is -0.434. The van der Waals surface area contributed by atoms with Gasteiger partial charge in [0.25, 0.3) is 6.04 Å². The molecule has 1 N–H and O–H groups in total. The van der Waals surface area contributed by atoms with Crippen molar-refractivity contribution < 1.29 is 4.92 Å². The fourth-order valence-corrected chi connectivity index (χ4v) is 2.08. The molecule has 12 heavy (non-hydrogen) atoms. The molecular weight excluding hydrogens is 156 g/mol. The molecule has 2 aliphatic rings. The van der Waals surface area contributed by atoms with Crippen LogP contribution in [0.4, 0.5) is 0 Å². The lowest BCUT2D eigenvalue weighted by Gasteiger charge is -2.17. The first-order valence-electron chi connectivity index (χ1n) is 4.38. The molecular formula is C8H12N2O2. The van der Waals surface area contributed by atoms with E-state index in [-0.39, 0.29) is 4.92 Å². The second-order valence-corrected chi connectivity index (χ2v) is 3.39. The first kappa shape index (κ1) is 7.58. The Morgan fingerprint density at radius 1 is 1.50 bits per heavy atom. The standard InChI is InChI=1S/C8H12N2O2/c11-10(12)7-3-1-2-6-4-5-9-8(6)7/h7,9H,1-5H2. The van der Waals surface area contributed by atoms with Crippen LogP contribution in [0, 0.1) is 10.1 Å². The quantitative estimate of drug-likeness (QED) is 0.470. The third-order valence-electron chi connectivity index (χ3n) is 2.67. The van der Waals surface area contributed by atoms with Crippen LogP contribution in [0.25, 0.3) is 0 Å². The number of hydrogen-bond donors (Lipinski definition) is 1. The summed E-state index contributed by atoms with van der Waals surface area (Å²) in [5.41, 5.74) is 2.22. The number of hydrogen-bond acceptors (Lipinski definition) is 3. The zero-order valence-corrected chi connectivity index (χ0v) is 6.88. The molecule has 1 aliphatic heterocycles. The molecule has 1 unspecified atom stereocenters. The van der Waals surface area contributed by atoms with Gasteiger partial charge in [0.05, 0.1) is 5.70 Å². The van der Waals surface area contributed by atoms with Crippen LogP contribution >= 0.6 is 0 Å². The van der Waals surface area contributed by atoms with E-state index in [1.165, 1.54) is 5.57 Å². The molecule has 0 bridgehead atoms. The van der Waals surface area contributed by atoms with Crippen LogP contribution in [0.5, 0.6) is 0 Å². The maximum atomic E-state index is 10.6. The van der Waals surface area contributed by atoms with Crippen LogP contribution < -0.4 is 5.32 Å². The molecule has 0 fully saturated rings. The molecule has 4 heteroatoms. The molecule has 1 heterocycles. The van der Waals surface area contributed by atoms with Gasteiger partial charge >= 0.3 is 0 Å². The van der Waals surface area contributed by atoms with E-state index in [1.54, 1.807) is 0 Å². The molecule has 1 atom stereocenters. The molecule has 2 rings (SSSR count). The van der Waals surface area contributed by atoms with Gasteiger partial charge in [-0.1, -0.05) is 0 Å². The van der Waals surface area contributed by atoms with Gasteiger partial charge < -0.3 is 5.32 Å². The molecule has 0 aromatic rings. The van der Waals surface area contributed by atoms with Crippen LogP contribution in [0.3, 0.4) is 0 Å². The predicted octanol–water partition coefficient (Wildman–Crippen LogP) is 1.06. The SMILES string of the molecule is O=[N+]([O-])C1CCCC2=C1NCC2. The lowest BCUT2D eigenvalue weighted by molar-refractivity contribution is -0.514. The summed E-state index contributed by atoms with van der Waals surface area (Å²) in [6.45, 7) is 0.898. The van der Waals surface area contributed by atoms with E-state index < -0.39 is 6.04 Å². The topological polar surface area (TPSA) is 55.2 Å². The zero-order valence-electron chi connectivity index (χ0n) is 6.88. The fourth-order valence-electron chi connectivity index (χ4n) is 2.08. The molecule has 0 saturated carbocycles. The zero-order chi connectivity index (χ0) is 8.55. The summed E-state index contributed by atoms with van der Waals surface area (Å²) in [4.78, 5) is 10.5. The van der Waals surface area contributed by atoms with Gasteiger partial charge in [-0.15, -0.1) is 0 Å². The second kappa shape index (κ2) is 2.77. The van der Waals surface area contributed by atoms with Crippen molar-refractivity contribution in [3.05, 3.63) is 21.4 Å². The van der Waals surface area contributed by atoms with Gasteiger partial charge in [0.15, 0.2) is 0 Å². The summed E-state index contributed by atoms with van der Waals surface area (Å²) in [7, 11) is 0. The van der Waals surface area contributed by atoms with Crippen LogP contribution in [0.1, 0.15) is 25.7 Å². The number of rotatable bonds is 1. The van der Waals surface area contributed by atoms with Crippen molar-refractivity contribution in [2.24, 2.45) is 0 Å². The van der Waals surface area contributed by atoms with Gasteiger partial charge in [0, 0.05) is 17.9 Å². The van der Waals surface area contributed by atoms with E-state index in [0.29, 0.717) is 6.42 Å². The highest BCUT2D eigenvalue weighted by Crippen LogP contribution is 2.30. The average Bonchev–Trinajstić information content (AvgIpc) is 2.49. The highest BCUT2D eigenvalue weighted by Gasteiger charge is 2.33. The van der Waals surface area contributed by atoms with E-state index >= 15 is 0 Å². The molecule has 0 spiro atoms. The third kappa shape index (κ3) is 1.07. The van der Waals surface area contributed by atoms with Crippen molar-refractivity contribution in [2.45, 2.75) is 31.7 Å². The van der Waals surface area contributed by atoms with Gasteiger partial charge in [-0.2, -0.15) is 0 Å². The summed E-state index contributed by atoms with van der Waals surface area (Å²) in [5, 5.41) is 13.8. The summed E-state index contributed by atoms with van der Waals surface area (Å²) in [5.74, 6) is 0. The van der Waals surface area contributed by atoms with Crippen LogP contribution in [0.2, 0.25) is 0 Å². The molecule has 0 radical (unpaired) electrons. The lowest BCUT2D eigenvalue weighted by atomic mass is 9.93. The lowest BCUT2D eigenvalue weighted by Crippen LogP contribution is -2.30. The molecule has 4 nitrogen and oxygen atoms in total. The first-order chi connectivity index (χ1) is 5.79. The van der Waals surface area contributed by atoms with Gasteiger partial charge in [-0.05, 0) is 24.8 Å². The molecule has 0 saturated heterocycles. The van der Waals surface area contributed by atoms with Gasteiger partial charge in [0.2, 0.25) is 0 Å². The van der Waals surface area contributed by atoms with E-state index in [9.17, 15) is 10.1 Å². The monoisotopic (exact) mass is 168 g/mol. The van der Waals surface area contributed by atoms with Crippen molar-refractivity contribution in [1.29, 1.82) is 0 Å². The molecule has 66 valence electrons. The number of nitrogens with zero attached hydrogens (tertiary/aromatic N) is 1. The minimum absolute atomic E-state index is 0.160. The van der Waals surface area contributed by atoms with Crippen LogP contribution in [0.15, 0.2) is 11.3 Å². The Labute approximate surface area is 70.8 Å². The number of nitro groups is 1. The average molecular weight is 168 g/mol. The Morgan fingerprint density at radius 2 is 2.33 bits per heavy atom. The summed E-state index contributed by atoms with van der Waals surface area (Å²) < 4.78 is 0. The molecule has 0 aromatic carbocycles. The van der Waals surface area contributed by atoms with E-state index in [1.807, 2.05) is 0 Å². The summed E-state index contributed by atoms with van der Waals surface area (Å²) in [6.07, 6.45) is 3.76.